The van der Waals surface area contributed by atoms with Crippen molar-refractivity contribution in [1.82, 2.24) is 0 Å². The van der Waals surface area contributed by atoms with Crippen molar-refractivity contribution in [2.24, 2.45) is 0 Å². The zero-order valence-electron chi connectivity index (χ0n) is 15.1. The Morgan fingerprint density at radius 2 is 0.722 bits per heavy atom. The Labute approximate surface area is 126 Å². The van der Waals surface area contributed by atoms with Gasteiger partial charge >= 0.3 is 0 Å². The van der Waals surface area contributed by atoms with Gasteiger partial charge in [-0.15, -0.1) is 8.58 Å². The third-order valence-corrected chi connectivity index (χ3v) is 4.85. The van der Waals surface area contributed by atoms with Crippen LogP contribution in [0.3, 0.4) is 0 Å². The summed E-state index contributed by atoms with van der Waals surface area (Å²) < 4.78 is 1.14. The molecular formula is C16H37AlP. The van der Waals surface area contributed by atoms with E-state index in [0.29, 0.717) is 34.1 Å². The summed E-state index contributed by atoms with van der Waals surface area (Å²) in [4.78, 5) is 0. The van der Waals surface area contributed by atoms with Crippen LogP contribution in [-0.4, -0.2) is 25.5 Å². The van der Waals surface area contributed by atoms with Gasteiger partial charge in [0.15, 0.2) is 0 Å². The van der Waals surface area contributed by atoms with Crippen LogP contribution >= 0.6 is 8.58 Å². The second-order valence-corrected chi connectivity index (χ2v) is 16.5. The fourth-order valence-corrected chi connectivity index (χ4v) is 7.27. The molecule has 0 atom stereocenters. The maximum atomic E-state index is 2.33. The highest BCUT2D eigenvalue weighted by Crippen LogP contribution is 2.41. The summed E-state index contributed by atoms with van der Waals surface area (Å²) in [5.41, 5.74) is 0. The number of hydrogen-bond acceptors (Lipinski definition) is 0. The third kappa shape index (κ3) is 25.7. The van der Waals surface area contributed by atoms with Gasteiger partial charge in [0.2, 0.25) is 15.2 Å². The Morgan fingerprint density at radius 1 is 0.500 bits per heavy atom. The SMILES string of the molecule is CC(C)(C)PC(C)(C)C.C[C](C)(C)[Al][C](C)(C)C. The standard InChI is InChI=1S/C8H19P.2C4H9.Al/c1-7(2,3)9-8(4,5)6;2*1-4(2)3;/h9H,1-6H3;2*1-3H3;. The fourth-order valence-electron chi connectivity index (χ4n) is 2.42. The lowest BCUT2D eigenvalue weighted by molar-refractivity contribution is 0.668. The molecule has 0 aromatic carbocycles. The molecule has 0 aliphatic heterocycles. The second-order valence-electron chi connectivity index (χ2n) is 9.50. The van der Waals surface area contributed by atoms with Crippen LogP contribution in [-0.2, 0) is 0 Å². The van der Waals surface area contributed by atoms with E-state index in [9.17, 15) is 0 Å². The van der Waals surface area contributed by atoms with Crippen LogP contribution in [0.4, 0.5) is 0 Å². The van der Waals surface area contributed by atoms with Crippen molar-refractivity contribution in [3.05, 3.63) is 0 Å². The third-order valence-electron chi connectivity index (χ3n) is 1.62. The monoisotopic (exact) mass is 287 g/mol. The van der Waals surface area contributed by atoms with E-state index in [1.807, 2.05) is 0 Å². The molecule has 0 amide bonds. The van der Waals surface area contributed by atoms with Gasteiger partial charge in [0.25, 0.3) is 0 Å². The molecule has 18 heavy (non-hydrogen) atoms. The minimum atomic E-state index is 0.512. The smallest absolute Gasteiger partial charge is 0.111 e. The Kier molecular flexibility index (Phi) is 8.40. The van der Waals surface area contributed by atoms with Gasteiger partial charge in [-0.2, -0.15) is 0 Å². The predicted molar refractivity (Wildman–Crippen MR) is 93.0 cm³/mol. The fraction of sp³-hybridized carbons (Fsp3) is 1.00. The first-order chi connectivity index (χ1) is 7.41. The first-order valence-corrected chi connectivity index (χ1v) is 9.23. The molecular weight excluding hydrogens is 250 g/mol. The summed E-state index contributed by atoms with van der Waals surface area (Å²) in [5, 5.41) is 1.02. The molecule has 0 saturated heterocycles. The van der Waals surface area contributed by atoms with E-state index in [2.05, 4.69) is 83.1 Å². The van der Waals surface area contributed by atoms with Gasteiger partial charge in [0, 0.05) is 0 Å². The Balaban J connectivity index is 0. The molecule has 0 rings (SSSR count). The van der Waals surface area contributed by atoms with Gasteiger partial charge in [-0.1, -0.05) is 91.6 Å². The normalized spacial score (nSPS) is 13.8. The minimum absolute atomic E-state index is 0.512. The largest absolute Gasteiger partial charge is 0.218 e. The molecule has 0 fully saturated rings. The van der Waals surface area contributed by atoms with Crippen LogP contribution in [0.2, 0.25) is 8.55 Å². The van der Waals surface area contributed by atoms with E-state index in [0.717, 1.165) is 8.58 Å². The molecule has 1 radical (unpaired) electrons. The van der Waals surface area contributed by atoms with Crippen LogP contribution in [0, 0.1) is 0 Å². The van der Waals surface area contributed by atoms with Crippen LogP contribution < -0.4 is 0 Å². The molecule has 109 valence electrons. The van der Waals surface area contributed by atoms with Gasteiger partial charge in [-0.05, 0) is 10.3 Å². The number of rotatable bonds is 0. The average molecular weight is 287 g/mol. The lowest BCUT2D eigenvalue weighted by Gasteiger charge is -2.28. The molecule has 0 heterocycles. The Bertz CT molecular complexity index is 167. The van der Waals surface area contributed by atoms with Crippen molar-refractivity contribution in [1.29, 1.82) is 0 Å². The van der Waals surface area contributed by atoms with Crippen LogP contribution in [0.15, 0.2) is 0 Å². The van der Waals surface area contributed by atoms with Gasteiger partial charge in [0.1, 0.15) is 0 Å². The number of hydrogen-bond donors (Lipinski definition) is 0. The average Bonchev–Trinajstić information content (AvgIpc) is 1.64. The summed E-state index contributed by atoms with van der Waals surface area (Å²) in [6.07, 6.45) is 0. The first-order valence-electron chi connectivity index (χ1n) is 7.08. The van der Waals surface area contributed by atoms with Crippen molar-refractivity contribution in [2.45, 2.75) is 102 Å². The molecule has 0 spiro atoms. The maximum absolute atomic E-state index is 2.33. The topological polar surface area (TPSA) is 0 Å². The van der Waals surface area contributed by atoms with Crippen LogP contribution in [0.25, 0.3) is 0 Å². The lowest BCUT2D eigenvalue weighted by atomic mass is 10.2. The molecule has 0 aliphatic rings. The van der Waals surface area contributed by atoms with Gasteiger partial charge in [0.05, 0.1) is 0 Å². The van der Waals surface area contributed by atoms with E-state index >= 15 is 0 Å². The van der Waals surface area contributed by atoms with Crippen molar-refractivity contribution in [3.63, 3.8) is 0 Å². The maximum Gasteiger partial charge on any atom is 0.218 e. The van der Waals surface area contributed by atoms with E-state index in [4.69, 9.17) is 0 Å². The Hall–Kier alpha value is 0.962. The first kappa shape index (κ1) is 21.3. The molecule has 0 aromatic heterocycles. The van der Waals surface area contributed by atoms with Gasteiger partial charge in [-0.3, -0.25) is 0 Å². The molecule has 0 N–H and O–H groups in total. The molecule has 0 unspecified atom stereocenters. The van der Waals surface area contributed by atoms with E-state index in [1.54, 1.807) is 0 Å². The molecule has 0 bridgehead atoms. The van der Waals surface area contributed by atoms with Gasteiger partial charge in [-0.25, -0.2) is 0 Å². The summed E-state index contributed by atoms with van der Waals surface area (Å²) in [6.45, 7) is 27.8. The van der Waals surface area contributed by atoms with Crippen LogP contribution in [0.1, 0.15) is 83.1 Å². The van der Waals surface area contributed by atoms with Gasteiger partial charge < -0.3 is 0 Å². The van der Waals surface area contributed by atoms with Crippen molar-refractivity contribution in [2.75, 3.05) is 0 Å². The highest BCUT2D eigenvalue weighted by Gasteiger charge is 2.22. The van der Waals surface area contributed by atoms with Crippen molar-refractivity contribution < 1.29 is 0 Å². The summed E-state index contributed by atoms with van der Waals surface area (Å²) in [7, 11) is 1.05. The summed E-state index contributed by atoms with van der Waals surface area (Å²) in [5.74, 6) is 0. The predicted octanol–water partition coefficient (Wildman–Crippen LogP) is 6.39. The lowest BCUT2D eigenvalue weighted by Crippen LogP contribution is -2.18. The van der Waals surface area contributed by atoms with E-state index in [1.165, 1.54) is 0 Å². The van der Waals surface area contributed by atoms with E-state index < -0.39 is 0 Å². The zero-order valence-corrected chi connectivity index (χ0v) is 17.2. The molecule has 0 nitrogen and oxygen atoms in total. The quantitative estimate of drug-likeness (QED) is 0.358. The second kappa shape index (κ2) is 7.11. The minimum Gasteiger partial charge on any atom is -0.111 e. The van der Waals surface area contributed by atoms with Crippen LogP contribution in [0.5, 0.6) is 0 Å². The molecule has 0 aliphatic carbocycles. The molecule has 2 heteroatoms. The summed E-state index contributed by atoms with van der Waals surface area (Å²) >= 11 is 0.569. The highest BCUT2D eigenvalue weighted by molar-refractivity contribution is 7.41. The zero-order chi connectivity index (χ0) is 15.4. The summed E-state index contributed by atoms with van der Waals surface area (Å²) in [6, 6.07) is 0. The van der Waals surface area contributed by atoms with E-state index in [-0.39, 0.29) is 0 Å². The molecule has 0 saturated carbocycles. The highest BCUT2D eigenvalue weighted by atomic mass is 31.1. The van der Waals surface area contributed by atoms with Crippen molar-refractivity contribution in [3.8, 4) is 0 Å². The molecule has 0 aromatic rings. The van der Waals surface area contributed by atoms with Crippen molar-refractivity contribution >= 4 is 23.8 Å². The Morgan fingerprint density at radius 3 is 0.722 bits per heavy atom.